The van der Waals surface area contributed by atoms with E-state index in [-0.39, 0.29) is 74.7 Å². The maximum Gasteiger partial charge on any atom is 0.333 e. The van der Waals surface area contributed by atoms with Crippen molar-refractivity contribution in [3.05, 3.63) is 39.9 Å². The minimum absolute atomic E-state index is 0.00162. The molecule has 9 aliphatic rings. The molecule has 0 spiro atoms. The number of hydrogen-bond donors (Lipinski definition) is 8. The first-order chi connectivity index (χ1) is 38.5. The van der Waals surface area contributed by atoms with Gasteiger partial charge in [0.05, 0.1) is 56.2 Å². The van der Waals surface area contributed by atoms with E-state index < -0.39 is 143 Å². The van der Waals surface area contributed by atoms with Gasteiger partial charge in [0, 0.05) is 35.8 Å². The number of nitrogens with zero attached hydrogens (tertiary/aromatic N) is 1. The van der Waals surface area contributed by atoms with Gasteiger partial charge in [0.2, 0.25) is 0 Å². The first kappa shape index (κ1) is 63.7. The third kappa shape index (κ3) is 10.5. The Bertz CT molecular complexity index is 2450. The smallest absolute Gasteiger partial charge is 0.333 e. The van der Waals surface area contributed by atoms with Crippen LogP contribution in [0.25, 0.3) is 0 Å². The minimum atomic E-state index is -1.80. The molecule has 0 aromatic carbocycles. The van der Waals surface area contributed by atoms with E-state index in [1.165, 1.54) is 0 Å². The molecule has 82 heavy (non-hydrogen) atoms. The van der Waals surface area contributed by atoms with Crippen molar-refractivity contribution < 1.29 is 88.0 Å². The third-order valence-electron chi connectivity index (χ3n) is 22.6. The Kier molecular flexibility index (Phi) is 18.1. The fraction of sp³-hybridized carbons (Fsp3) is 0.869. The minimum Gasteiger partial charge on any atom is -0.454 e. The van der Waals surface area contributed by atoms with Crippen LogP contribution in [0.2, 0.25) is 0 Å². The summed E-state index contributed by atoms with van der Waals surface area (Å²) in [6, 6.07) is 0. The molecule has 5 aliphatic carbocycles. The predicted molar refractivity (Wildman–Crippen MR) is 296 cm³/mol. The molecule has 0 bridgehead atoms. The summed E-state index contributed by atoms with van der Waals surface area (Å²) in [5.74, 6) is -3.24. The molecular formula is C61H96N2O19. The fourth-order valence-corrected chi connectivity index (χ4v) is 17.5. The maximum atomic E-state index is 14.0. The van der Waals surface area contributed by atoms with Gasteiger partial charge in [-0.1, -0.05) is 84.4 Å². The largest absolute Gasteiger partial charge is 0.454 e. The highest BCUT2D eigenvalue weighted by atomic mass is 16.8. The molecule has 23 unspecified atom stereocenters. The second-order valence-corrected chi connectivity index (χ2v) is 27.8. The molecule has 4 saturated heterocycles. The molecule has 8 fully saturated rings. The van der Waals surface area contributed by atoms with Crippen molar-refractivity contribution in [3.8, 4) is 0 Å². The molecule has 0 aromatic rings. The summed E-state index contributed by atoms with van der Waals surface area (Å²) in [5, 5.41) is 85.2. The summed E-state index contributed by atoms with van der Waals surface area (Å²) in [4.78, 5) is 40.5. The van der Waals surface area contributed by atoms with Crippen molar-refractivity contribution in [2.24, 2.45) is 55.4 Å². The number of rotatable bonds is 16. The second kappa shape index (κ2) is 23.4. The van der Waals surface area contributed by atoms with Gasteiger partial charge in [0.25, 0.3) is 0 Å². The van der Waals surface area contributed by atoms with E-state index in [4.69, 9.17) is 42.6 Å². The van der Waals surface area contributed by atoms with Crippen molar-refractivity contribution in [1.29, 1.82) is 0 Å². The normalized spacial score (nSPS) is 48.0. The number of hydrogen-bond acceptors (Lipinski definition) is 21. The van der Waals surface area contributed by atoms with Crippen LogP contribution in [-0.4, -0.2) is 185 Å². The number of esters is 2. The highest BCUT2D eigenvalue weighted by molar-refractivity contribution is 5.88. The van der Waals surface area contributed by atoms with Crippen LogP contribution in [0.1, 0.15) is 147 Å². The van der Waals surface area contributed by atoms with Gasteiger partial charge in [-0.15, -0.1) is 0 Å². The summed E-state index contributed by atoms with van der Waals surface area (Å²) in [6.45, 7) is 23.2. The molecular weight excluding hydrogens is 1060 g/mol. The number of carbonyl (C=O) groups excluding carboxylic acids is 2. The lowest BCUT2D eigenvalue weighted by molar-refractivity contribution is -0.393. The van der Waals surface area contributed by atoms with Crippen molar-refractivity contribution in [2.75, 3.05) is 39.5 Å². The lowest BCUT2D eigenvalue weighted by Gasteiger charge is -2.72. The number of allylic oxidation sites excluding steroid dienone is 4. The van der Waals surface area contributed by atoms with Crippen LogP contribution in [0.4, 0.5) is 0 Å². The summed E-state index contributed by atoms with van der Waals surface area (Å²) in [7, 11) is 0. The van der Waals surface area contributed by atoms with E-state index in [1.807, 2.05) is 20.8 Å². The molecule has 23 atom stereocenters. The van der Waals surface area contributed by atoms with Crippen LogP contribution in [-0.2, 0) is 52.2 Å². The SMILES string of the molecule is CC=C(C)C(=O)OC1C(OC(=O)C(C)=CC)C2(CN=O)C(O)CC3(C)C(=CCC4C5(C)CCC(OC6OC(NCC)CC7OCC7(OC7(O)COC(CO)C7)CC6OC6OC(CO)C(O)C(O)C6O)C(C)(C)C5CCC43C)C2CC1(C)C. The Balaban J connectivity index is 1.05. The number of ether oxygens (including phenoxy) is 9. The monoisotopic (exact) mass is 1160 g/mol. The van der Waals surface area contributed by atoms with Crippen molar-refractivity contribution >= 4 is 11.9 Å². The summed E-state index contributed by atoms with van der Waals surface area (Å²) >= 11 is 0. The fourth-order valence-electron chi connectivity index (χ4n) is 17.5. The van der Waals surface area contributed by atoms with Gasteiger partial charge in [-0.05, 0) is 119 Å². The van der Waals surface area contributed by atoms with Crippen molar-refractivity contribution in [1.82, 2.24) is 5.32 Å². The Morgan fingerprint density at radius 1 is 0.793 bits per heavy atom. The van der Waals surface area contributed by atoms with E-state index in [9.17, 15) is 50.2 Å². The first-order valence-corrected chi connectivity index (χ1v) is 30.1. The molecule has 0 radical (unpaired) electrons. The molecule has 21 heteroatoms. The molecule has 4 saturated carbocycles. The molecule has 21 nitrogen and oxygen atoms in total. The Morgan fingerprint density at radius 3 is 2.07 bits per heavy atom. The lowest BCUT2D eigenvalue weighted by Crippen LogP contribution is -2.72. The zero-order valence-corrected chi connectivity index (χ0v) is 50.3. The third-order valence-corrected chi connectivity index (χ3v) is 22.6. The Hall–Kier alpha value is -2.84. The van der Waals surface area contributed by atoms with Crippen LogP contribution < -0.4 is 5.32 Å². The summed E-state index contributed by atoms with van der Waals surface area (Å²) < 4.78 is 58.4. The maximum absolute atomic E-state index is 14.0. The molecule has 464 valence electrons. The molecule has 4 heterocycles. The van der Waals surface area contributed by atoms with Crippen molar-refractivity contribution in [2.45, 2.75) is 245 Å². The van der Waals surface area contributed by atoms with Gasteiger partial charge in [0.15, 0.2) is 18.4 Å². The molecule has 8 N–H and O–H groups in total. The van der Waals surface area contributed by atoms with Gasteiger partial charge in [-0.3, -0.25) is 5.32 Å². The van der Waals surface area contributed by atoms with Crippen LogP contribution in [0.15, 0.2) is 40.1 Å². The zero-order valence-electron chi connectivity index (χ0n) is 50.3. The number of aliphatic hydroxyl groups excluding tert-OH is 6. The standard InChI is InChI=1S/C61H96N2O19/c1-13-32(4)50(70)80-48-49(81-51(71)33(5)14-2)61(29-63-73)36(24-54(48,6)7)35-16-17-40-56(10)20-19-42(55(8,9)39(56)18-21-57(40,11)58(35,12)26-41(61)66)78-52-37(76-53-47(69)46(68)45(67)38(28-65)77-53)25-59(82-60(72)23-34(27-64)74-31-60)30-75-43(59)22-44(79-52)62-15-3/h13-14,16,34,36-49,52-53,62,64-69,72H,15,17-31H2,1-12H3. The highest BCUT2D eigenvalue weighted by Crippen LogP contribution is 2.76. The van der Waals surface area contributed by atoms with Crippen LogP contribution in [0.5, 0.6) is 0 Å². The topological polar surface area (TPSA) is 300 Å². The second-order valence-electron chi connectivity index (χ2n) is 27.8. The summed E-state index contributed by atoms with van der Waals surface area (Å²) in [5.41, 5.74) is -3.33. The Morgan fingerprint density at radius 2 is 1.48 bits per heavy atom. The average molecular weight is 1160 g/mol. The Labute approximate surface area is 483 Å². The molecule has 0 amide bonds. The number of fused-ring (bicyclic) bond motifs is 8. The predicted octanol–water partition coefficient (Wildman–Crippen LogP) is 4.77. The van der Waals surface area contributed by atoms with E-state index in [2.05, 4.69) is 51.2 Å². The van der Waals surface area contributed by atoms with Gasteiger partial charge < -0.3 is 78.4 Å². The number of nitrogens with one attached hydrogen (secondary N) is 1. The van der Waals surface area contributed by atoms with E-state index in [0.29, 0.717) is 37.0 Å². The van der Waals surface area contributed by atoms with E-state index >= 15 is 0 Å². The van der Waals surface area contributed by atoms with Gasteiger partial charge in [-0.25, -0.2) is 9.59 Å². The van der Waals surface area contributed by atoms with Gasteiger partial charge in [-0.2, -0.15) is 4.91 Å². The number of aliphatic hydroxyl groups is 7. The highest BCUT2D eigenvalue weighted by Gasteiger charge is 2.74. The number of nitroso groups, excluding NO2 is 1. The molecule has 0 aromatic heterocycles. The van der Waals surface area contributed by atoms with Crippen LogP contribution in [0, 0.1) is 55.2 Å². The average Bonchev–Trinajstić information content (AvgIpc) is 1.06. The van der Waals surface area contributed by atoms with Crippen molar-refractivity contribution in [3.63, 3.8) is 0 Å². The first-order valence-electron chi connectivity index (χ1n) is 30.1. The van der Waals surface area contributed by atoms with Gasteiger partial charge >= 0.3 is 11.9 Å². The lowest BCUT2D eigenvalue weighted by atomic mass is 9.33. The summed E-state index contributed by atoms with van der Waals surface area (Å²) in [6.07, 6.45) is -5.81. The number of carbonyl (C=O) groups is 2. The quantitative estimate of drug-likeness (QED) is 0.0339. The van der Waals surface area contributed by atoms with E-state index in [1.54, 1.807) is 39.8 Å². The molecule has 9 rings (SSSR count). The molecule has 4 aliphatic heterocycles. The van der Waals surface area contributed by atoms with Crippen LogP contribution >= 0.6 is 0 Å². The van der Waals surface area contributed by atoms with Gasteiger partial charge in [0.1, 0.15) is 61.2 Å². The zero-order chi connectivity index (χ0) is 59.9. The van der Waals surface area contributed by atoms with Crippen LogP contribution in [0.3, 0.4) is 0 Å². The van der Waals surface area contributed by atoms with E-state index in [0.717, 1.165) is 24.8 Å².